The summed E-state index contributed by atoms with van der Waals surface area (Å²) in [6, 6.07) is 4.02. The number of carbonyl (C=O) groups is 4. The highest BCUT2D eigenvalue weighted by molar-refractivity contribution is 6.06. The van der Waals surface area contributed by atoms with Gasteiger partial charge in [0.1, 0.15) is 23.8 Å². The van der Waals surface area contributed by atoms with E-state index in [-0.39, 0.29) is 38.2 Å². The number of hydrogen-bond acceptors (Lipinski definition) is 11. The Balaban J connectivity index is 0.00000254. The summed E-state index contributed by atoms with van der Waals surface area (Å²) in [5.74, 6) is 4.06. The molecular formula is C26H43N7O7. The molecule has 1 aliphatic rings. The van der Waals surface area contributed by atoms with Gasteiger partial charge in [0, 0.05) is 39.9 Å². The quantitative estimate of drug-likeness (QED) is 0.0496. The highest BCUT2D eigenvalue weighted by Crippen LogP contribution is 2.33. The zero-order valence-corrected chi connectivity index (χ0v) is 24.1. The minimum atomic E-state index is -1.11. The van der Waals surface area contributed by atoms with Crippen LogP contribution in [0.4, 0.5) is 5.69 Å². The van der Waals surface area contributed by atoms with Crippen molar-refractivity contribution in [3.8, 4) is 0 Å². The van der Waals surface area contributed by atoms with Crippen LogP contribution in [0.1, 0.15) is 45.6 Å². The SMILES string of the molecule is COC.COCN(N)/N=C(\N)CCC(N)C(=O)N1c2ccccc2CC1C(=O)NC(C=O)CC(=O)OC(C)(C)C. The van der Waals surface area contributed by atoms with E-state index in [4.69, 9.17) is 26.8 Å². The summed E-state index contributed by atoms with van der Waals surface area (Å²) in [5, 5.41) is 7.50. The molecular weight excluding hydrogens is 522 g/mol. The van der Waals surface area contributed by atoms with E-state index in [1.807, 2.05) is 6.07 Å². The molecule has 3 atom stereocenters. The number of benzene rings is 1. The van der Waals surface area contributed by atoms with Crippen LogP contribution in [0.15, 0.2) is 29.4 Å². The Morgan fingerprint density at radius 2 is 1.85 bits per heavy atom. The molecule has 2 rings (SSSR count). The van der Waals surface area contributed by atoms with Gasteiger partial charge in [-0.3, -0.25) is 19.3 Å². The fourth-order valence-electron chi connectivity index (χ4n) is 3.82. The van der Waals surface area contributed by atoms with Crippen molar-refractivity contribution in [3.05, 3.63) is 29.8 Å². The smallest absolute Gasteiger partial charge is 0.308 e. The van der Waals surface area contributed by atoms with E-state index in [9.17, 15) is 19.2 Å². The van der Waals surface area contributed by atoms with E-state index < -0.39 is 41.5 Å². The zero-order valence-electron chi connectivity index (χ0n) is 24.1. The maximum atomic E-state index is 13.4. The molecule has 7 N–H and O–H groups in total. The highest BCUT2D eigenvalue weighted by atomic mass is 16.6. The average Bonchev–Trinajstić information content (AvgIpc) is 3.25. The van der Waals surface area contributed by atoms with Crippen LogP contribution in [0.5, 0.6) is 0 Å². The van der Waals surface area contributed by atoms with Gasteiger partial charge >= 0.3 is 5.97 Å². The van der Waals surface area contributed by atoms with Crippen LogP contribution in [0, 0.1) is 0 Å². The normalized spacial score (nSPS) is 16.1. The highest BCUT2D eigenvalue weighted by Gasteiger charge is 2.40. The second-order valence-electron chi connectivity index (χ2n) is 10.1. The van der Waals surface area contributed by atoms with Crippen molar-refractivity contribution in [2.24, 2.45) is 22.4 Å². The number of methoxy groups -OCH3 is 2. The zero-order chi connectivity index (χ0) is 30.5. The van der Waals surface area contributed by atoms with Gasteiger partial charge in [-0.1, -0.05) is 18.2 Å². The number of fused-ring (bicyclic) bond motifs is 1. The van der Waals surface area contributed by atoms with Crippen molar-refractivity contribution in [1.82, 2.24) is 10.4 Å². The van der Waals surface area contributed by atoms with Crippen molar-refractivity contribution in [2.75, 3.05) is 33.0 Å². The van der Waals surface area contributed by atoms with E-state index in [0.717, 1.165) is 10.7 Å². The van der Waals surface area contributed by atoms with E-state index in [1.54, 1.807) is 53.2 Å². The molecule has 1 heterocycles. The fraction of sp³-hybridized carbons (Fsp3) is 0.577. The number of carbonyl (C=O) groups excluding carboxylic acids is 4. The third-order valence-corrected chi connectivity index (χ3v) is 5.36. The number of nitrogens with one attached hydrogen (secondary N) is 1. The van der Waals surface area contributed by atoms with Crippen LogP contribution in [0.25, 0.3) is 0 Å². The summed E-state index contributed by atoms with van der Waals surface area (Å²) < 4.78 is 14.3. The number of hydrogen-bond donors (Lipinski definition) is 4. The molecule has 0 saturated heterocycles. The Labute approximate surface area is 235 Å². The molecule has 1 aromatic carbocycles. The third-order valence-electron chi connectivity index (χ3n) is 5.36. The molecule has 0 bridgehead atoms. The van der Waals surface area contributed by atoms with Gasteiger partial charge in [0.05, 0.1) is 18.5 Å². The van der Waals surface area contributed by atoms with Crippen molar-refractivity contribution < 1.29 is 33.4 Å². The Morgan fingerprint density at radius 3 is 2.42 bits per heavy atom. The van der Waals surface area contributed by atoms with Crippen LogP contribution in [-0.2, 0) is 39.8 Å². The van der Waals surface area contributed by atoms with Gasteiger partial charge in [0.15, 0.2) is 6.73 Å². The number of ether oxygens (including phenoxy) is 3. The predicted molar refractivity (Wildman–Crippen MR) is 150 cm³/mol. The molecule has 0 aliphatic carbocycles. The van der Waals surface area contributed by atoms with Crippen molar-refractivity contribution in [1.29, 1.82) is 0 Å². The number of hydrazine groups is 1. The molecule has 0 saturated carbocycles. The molecule has 0 radical (unpaired) electrons. The van der Waals surface area contributed by atoms with Crippen molar-refractivity contribution in [2.45, 2.75) is 70.2 Å². The lowest BCUT2D eigenvalue weighted by Crippen LogP contribution is -2.55. The molecule has 14 nitrogen and oxygen atoms in total. The van der Waals surface area contributed by atoms with Gasteiger partial charge in [-0.2, -0.15) is 0 Å². The number of esters is 1. The minimum absolute atomic E-state index is 0.0305. The summed E-state index contributed by atoms with van der Waals surface area (Å²) in [6.45, 7) is 5.13. The van der Waals surface area contributed by atoms with Crippen LogP contribution in [-0.4, -0.2) is 86.8 Å². The van der Waals surface area contributed by atoms with E-state index in [0.29, 0.717) is 12.0 Å². The summed E-state index contributed by atoms with van der Waals surface area (Å²) >= 11 is 0. The van der Waals surface area contributed by atoms with Gasteiger partial charge in [-0.25, -0.2) is 11.0 Å². The maximum Gasteiger partial charge on any atom is 0.308 e. The number of aldehydes is 1. The summed E-state index contributed by atoms with van der Waals surface area (Å²) in [4.78, 5) is 51.7. The summed E-state index contributed by atoms with van der Waals surface area (Å²) in [5.41, 5.74) is 12.6. The van der Waals surface area contributed by atoms with E-state index >= 15 is 0 Å². The molecule has 14 heteroatoms. The lowest BCUT2D eigenvalue weighted by molar-refractivity contribution is -0.156. The minimum Gasteiger partial charge on any atom is -0.460 e. The molecule has 0 aromatic heterocycles. The molecule has 3 unspecified atom stereocenters. The van der Waals surface area contributed by atoms with Crippen LogP contribution in [0.3, 0.4) is 0 Å². The summed E-state index contributed by atoms with van der Waals surface area (Å²) in [6.07, 6.45) is 0.687. The first-order valence-corrected chi connectivity index (χ1v) is 12.7. The van der Waals surface area contributed by atoms with Gasteiger partial charge < -0.3 is 35.8 Å². The van der Waals surface area contributed by atoms with Gasteiger partial charge in [-0.05, 0) is 38.8 Å². The maximum absolute atomic E-state index is 13.4. The number of nitrogens with zero attached hydrogens (tertiary/aromatic N) is 3. The standard InChI is InChI=1S/C24H37N7O6.C2H6O/c1-24(2,3)37-21(33)12-16(13-32)28-22(34)19-11-15-7-5-6-8-18(15)31(19)23(35)17(25)9-10-20(26)29-30(27)14-36-4;1-3-2/h5-8,13,16-17,19H,9-12,14,25,27H2,1-4H3,(H2,26,29)(H,28,34);1-2H3. The topological polar surface area (TPSA) is 205 Å². The molecule has 1 aliphatic heterocycles. The number of amidine groups is 1. The number of amides is 2. The van der Waals surface area contributed by atoms with Gasteiger partial charge in [-0.15, -0.1) is 5.10 Å². The Morgan fingerprint density at radius 1 is 1.23 bits per heavy atom. The van der Waals surface area contributed by atoms with Crippen LogP contribution in [0.2, 0.25) is 0 Å². The van der Waals surface area contributed by atoms with Crippen LogP contribution < -0.4 is 27.5 Å². The summed E-state index contributed by atoms with van der Waals surface area (Å²) in [7, 11) is 4.70. The Kier molecular flexibility index (Phi) is 14.2. The number of rotatable bonds is 12. The molecule has 224 valence electrons. The first kappa shape index (κ1) is 34.4. The lowest BCUT2D eigenvalue weighted by atomic mass is 10.1. The average molecular weight is 566 g/mol. The number of anilines is 1. The van der Waals surface area contributed by atoms with Gasteiger partial charge in [0.25, 0.3) is 0 Å². The predicted octanol–water partition coefficient (Wildman–Crippen LogP) is -0.218. The van der Waals surface area contributed by atoms with Crippen LogP contribution >= 0.6 is 0 Å². The monoisotopic (exact) mass is 565 g/mol. The number of para-hydroxylation sites is 1. The largest absolute Gasteiger partial charge is 0.460 e. The lowest BCUT2D eigenvalue weighted by Gasteiger charge is -2.28. The first-order valence-electron chi connectivity index (χ1n) is 12.7. The second-order valence-corrected chi connectivity index (χ2v) is 10.1. The second kappa shape index (κ2) is 16.5. The molecule has 2 amide bonds. The van der Waals surface area contributed by atoms with Gasteiger partial charge in [0.2, 0.25) is 11.8 Å². The molecule has 0 spiro atoms. The third kappa shape index (κ3) is 11.3. The molecule has 1 aromatic rings. The molecule has 40 heavy (non-hydrogen) atoms. The Hall–Kier alpha value is -3.59. The van der Waals surface area contributed by atoms with E-state index in [1.165, 1.54) is 12.0 Å². The van der Waals surface area contributed by atoms with Crippen molar-refractivity contribution >= 4 is 35.6 Å². The first-order chi connectivity index (χ1) is 18.8. The number of nitrogens with two attached hydrogens (primary N) is 3. The fourth-order valence-corrected chi connectivity index (χ4v) is 3.82. The van der Waals surface area contributed by atoms with E-state index in [2.05, 4.69) is 15.2 Å². The Bertz CT molecular complexity index is 1030. The number of hydrazone groups is 1. The van der Waals surface area contributed by atoms with Crippen molar-refractivity contribution in [3.63, 3.8) is 0 Å². The molecule has 0 fully saturated rings.